The molecule has 1 saturated heterocycles. The first-order valence-electron chi connectivity index (χ1n) is 8.82. The normalized spacial score (nSPS) is 16.8. The maximum Gasteiger partial charge on any atom is 0.317 e. The summed E-state index contributed by atoms with van der Waals surface area (Å²) in [5, 5.41) is 4.46. The van der Waals surface area contributed by atoms with Crippen LogP contribution < -0.4 is 10.0 Å². The first kappa shape index (κ1) is 20.7. The van der Waals surface area contributed by atoms with E-state index in [1.165, 1.54) is 6.07 Å². The lowest BCUT2D eigenvalue weighted by Crippen LogP contribution is -2.49. The number of benzene rings is 1. The highest BCUT2D eigenvalue weighted by Gasteiger charge is 2.27. The first-order chi connectivity index (χ1) is 13.3. The molecule has 1 unspecified atom stereocenters. The van der Waals surface area contributed by atoms with Crippen LogP contribution in [0.2, 0.25) is 0 Å². The second-order valence-electron chi connectivity index (χ2n) is 6.66. The van der Waals surface area contributed by atoms with Gasteiger partial charge in [-0.2, -0.15) is 0 Å². The molecule has 6 nitrogen and oxygen atoms in total. The molecule has 1 aliphatic rings. The first-order valence-corrected chi connectivity index (χ1v) is 11.2. The van der Waals surface area contributed by atoms with E-state index < -0.39 is 27.7 Å². The van der Waals surface area contributed by atoms with Gasteiger partial charge in [-0.15, -0.1) is 11.3 Å². The van der Waals surface area contributed by atoms with E-state index in [-0.39, 0.29) is 16.3 Å². The van der Waals surface area contributed by atoms with Crippen LogP contribution in [0, 0.1) is 11.6 Å². The summed E-state index contributed by atoms with van der Waals surface area (Å²) in [7, 11) is -3.53. The molecule has 1 aromatic heterocycles. The molecule has 2 heterocycles. The number of piperidine rings is 1. The highest BCUT2D eigenvalue weighted by molar-refractivity contribution is 7.91. The third-order valence-electron chi connectivity index (χ3n) is 4.65. The van der Waals surface area contributed by atoms with Gasteiger partial charge >= 0.3 is 6.03 Å². The molecule has 1 aromatic carbocycles. The number of urea groups is 1. The van der Waals surface area contributed by atoms with E-state index in [1.807, 2.05) is 0 Å². The third kappa shape index (κ3) is 4.86. The summed E-state index contributed by atoms with van der Waals surface area (Å²) in [6.07, 6.45) is 0.995. The van der Waals surface area contributed by atoms with Crippen molar-refractivity contribution in [3.63, 3.8) is 0 Å². The number of nitrogens with one attached hydrogen (secondary N) is 2. The number of sulfonamides is 1. The zero-order valence-corrected chi connectivity index (χ0v) is 16.8. The Morgan fingerprint density at radius 1 is 1.21 bits per heavy atom. The minimum atomic E-state index is -3.53. The summed E-state index contributed by atoms with van der Waals surface area (Å²) in [5.74, 6) is -1.90. The molecule has 0 saturated carbocycles. The Morgan fingerprint density at radius 3 is 2.54 bits per heavy atom. The smallest absolute Gasteiger partial charge is 0.317 e. The van der Waals surface area contributed by atoms with Crippen LogP contribution in [0.1, 0.15) is 31.4 Å². The third-order valence-corrected chi connectivity index (χ3v) is 7.57. The second-order valence-corrected chi connectivity index (χ2v) is 9.55. The van der Waals surface area contributed by atoms with Crippen LogP contribution in [0.3, 0.4) is 0 Å². The molecule has 0 aliphatic carbocycles. The average Bonchev–Trinajstić information content (AvgIpc) is 3.20. The zero-order valence-electron chi connectivity index (χ0n) is 15.2. The van der Waals surface area contributed by atoms with Crippen LogP contribution in [0.15, 0.2) is 39.9 Å². The topological polar surface area (TPSA) is 78.5 Å². The van der Waals surface area contributed by atoms with Gasteiger partial charge in [-0.3, -0.25) is 0 Å². The number of thiophene rings is 1. The molecule has 2 aromatic rings. The number of carbonyl (C=O) groups is 1. The van der Waals surface area contributed by atoms with Gasteiger partial charge in [0.2, 0.25) is 10.0 Å². The van der Waals surface area contributed by atoms with E-state index in [9.17, 15) is 22.0 Å². The van der Waals surface area contributed by atoms with E-state index in [0.717, 1.165) is 23.5 Å². The quantitative estimate of drug-likeness (QED) is 0.766. The van der Waals surface area contributed by atoms with Crippen LogP contribution in [-0.2, 0) is 10.0 Å². The Hall–Kier alpha value is -2.04. The van der Waals surface area contributed by atoms with Gasteiger partial charge in [0, 0.05) is 19.1 Å². The predicted octanol–water partition coefficient (Wildman–Crippen LogP) is 3.24. The monoisotopic (exact) mass is 429 g/mol. The lowest BCUT2D eigenvalue weighted by molar-refractivity contribution is 0.177. The van der Waals surface area contributed by atoms with Gasteiger partial charge in [-0.1, -0.05) is 12.1 Å². The van der Waals surface area contributed by atoms with Crippen LogP contribution in [0.4, 0.5) is 13.6 Å². The molecule has 0 spiro atoms. The highest BCUT2D eigenvalue weighted by atomic mass is 32.2. The Kier molecular flexibility index (Phi) is 6.31. The van der Waals surface area contributed by atoms with E-state index in [1.54, 1.807) is 29.3 Å². The van der Waals surface area contributed by atoms with Crippen LogP contribution in [0.25, 0.3) is 0 Å². The maximum atomic E-state index is 13.4. The Labute approximate surface area is 166 Å². The van der Waals surface area contributed by atoms with Crippen molar-refractivity contribution in [3.8, 4) is 0 Å². The van der Waals surface area contributed by atoms with Crippen molar-refractivity contribution in [1.29, 1.82) is 0 Å². The fourth-order valence-electron chi connectivity index (χ4n) is 3.04. The van der Waals surface area contributed by atoms with Gasteiger partial charge in [0.05, 0.1) is 6.04 Å². The summed E-state index contributed by atoms with van der Waals surface area (Å²) in [5.41, 5.74) is 0.464. The van der Waals surface area contributed by atoms with Crippen molar-refractivity contribution in [2.75, 3.05) is 13.1 Å². The molecule has 3 rings (SSSR count). The van der Waals surface area contributed by atoms with Gasteiger partial charge in [0.1, 0.15) is 4.21 Å². The molecule has 1 atom stereocenters. The molecule has 28 heavy (non-hydrogen) atoms. The summed E-state index contributed by atoms with van der Waals surface area (Å²) in [6, 6.07) is 5.70. The molecule has 2 amide bonds. The zero-order chi connectivity index (χ0) is 20.3. The molecular weight excluding hydrogens is 408 g/mol. The predicted molar refractivity (Wildman–Crippen MR) is 103 cm³/mol. The summed E-state index contributed by atoms with van der Waals surface area (Å²) in [6.45, 7) is 2.48. The number of hydrogen-bond acceptors (Lipinski definition) is 4. The number of amides is 2. The molecule has 1 aliphatic heterocycles. The number of rotatable bonds is 5. The number of nitrogens with zero attached hydrogens (tertiary/aromatic N) is 1. The van der Waals surface area contributed by atoms with Crippen molar-refractivity contribution in [2.45, 2.75) is 36.1 Å². The number of likely N-dealkylation sites (tertiary alicyclic amines) is 1. The molecule has 1 fully saturated rings. The van der Waals surface area contributed by atoms with Crippen LogP contribution in [0.5, 0.6) is 0 Å². The SMILES string of the molecule is CC(NC(=O)N1CCC(NS(=O)(=O)c2cccs2)CC1)c1ccc(F)c(F)c1. The highest BCUT2D eigenvalue weighted by Crippen LogP contribution is 2.20. The standard InChI is InChI=1S/C18H21F2N3O3S2/c1-12(13-4-5-15(19)16(20)11-13)21-18(24)23-8-6-14(7-9-23)22-28(25,26)17-3-2-10-27-17/h2-5,10-12,14,22H,6-9H2,1H3,(H,21,24). The fraction of sp³-hybridized carbons (Fsp3) is 0.389. The van der Waals surface area contributed by atoms with Crippen molar-refractivity contribution in [2.24, 2.45) is 0 Å². The van der Waals surface area contributed by atoms with Crippen molar-refractivity contribution < 1.29 is 22.0 Å². The van der Waals surface area contributed by atoms with Gasteiger partial charge in [-0.05, 0) is 48.9 Å². The van der Waals surface area contributed by atoms with Crippen molar-refractivity contribution in [3.05, 3.63) is 52.9 Å². The van der Waals surface area contributed by atoms with E-state index >= 15 is 0 Å². The van der Waals surface area contributed by atoms with E-state index in [4.69, 9.17) is 0 Å². The molecule has 10 heteroatoms. The Bertz CT molecular complexity index is 928. The minimum absolute atomic E-state index is 0.236. The summed E-state index contributed by atoms with van der Waals surface area (Å²) in [4.78, 5) is 14.0. The van der Waals surface area contributed by atoms with Crippen LogP contribution in [-0.4, -0.2) is 38.5 Å². The van der Waals surface area contributed by atoms with Crippen molar-refractivity contribution >= 4 is 27.4 Å². The largest absolute Gasteiger partial charge is 0.331 e. The van der Waals surface area contributed by atoms with Gasteiger partial charge < -0.3 is 10.2 Å². The van der Waals surface area contributed by atoms with E-state index in [2.05, 4.69) is 10.0 Å². The molecule has 0 bridgehead atoms. The maximum absolute atomic E-state index is 13.4. The Balaban J connectivity index is 1.51. The summed E-state index contributed by atoms with van der Waals surface area (Å²) < 4.78 is 53.9. The molecule has 0 radical (unpaired) electrons. The van der Waals surface area contributed by atoms with Gasteiger partial charge in [0.15, 0.2) is 11.6 Å². The number of hydrogen-bond donors (Lipinski definition) is 2. The lowest BCUT2D eigenvalue weighted by atomic mass is 10.1. The van der Waals surface area contributed by atoms with Crippen LogP contribution >= 0.6 is 11.3 Å². The fourth-order valence-corrected chi connectivity index (χ4v) is 5.35. The number of halogens is 2. The van der Waals surface area contributed by atoms with Gasteiger partial charge in [-0.25, -0.2) is 26.7 Å². The lowest BCUT2D eigenvalue weighted by Gasteiger charge is -2.33. The number of carbonyl (C=O) groups excluding carboxylic acids is 1. The van der Waals surface area contributed by atoms with E-state index in [0.29, 0.717) is 31.5 Å². The summed E-state index contributed by atoms with van der Waals surface area (Å²) >= 11 is 1.16. The molecular formula is C18H21F2N3O3S2. The van der Waals surface area contributed by atoms with Gasteiger partial charge in [0.25, 0.3) is 0 Å². The Morgan fingerprint density at radius 2 is 1.93 bits per heavy atom. The average molecular weight is 430 g/mol. The second kappa shape index (κ2) is 8.54. The van der Waals surface area contributed by atoms with Crippen molar-refractivity contribution in [1.82, 2.24) is 14.9 Å². The molecule has 2 N–H and O–H groups in total. The minimum Gasteiger partial charge on any atom is -0.331 e. The molecule has 152 valence electrons.